The number of benzene rings is 1. The Hall–Kier alpha value is -1.55. The van der Waals surface area contributed by atoms with Crippen molar-refractivity contribution in [3.8, 4) is 5.75 Å². The Balaban J connectivity index is 1.73. The molecule has 104 valence electrons. The largest absolute Gasteiger partial charge is 0.492 e. The van der Waals surface area contributed by atoms with E-state index in [0.29, 0.717) is 6.61 Å². The molecule has 0 spiro atoms. The van der Waals surface area contributed by atoms with Crippen LogP contribution in [0.4, 0.5) is 0 Å². The van der Waals surface area contributed by atoms with E-state index in [1.54, 1.807) is 0 Å². The van der Waals surface area contributed by atoms with Gasteiger partial charge in [0.2, 0.25) is 5.91 Å². The highest BCUT2D eigenvalue weighted by atomic mass is 16.5. The van der Waals surface area contributed by atoms with Crippen LogP contribution in [-0.4, -0.2) is 37.0 Å². The van der Waals surface area contributed by atoms with Crippen LogP contribution < -0.4 is 10.5 Å². The normalized spacial score (nSPS) is 20.2. The highest BCUT2D eigenvalue weighted by molar-refractivity contribution is 5.76. The Kier molecular flexibility index (Phi) is 4.80. The summed E-state index contributed by atoms with van der Waals surface area (Å²) in [6.45, 7) is 5.35. The molecule has 1 aliphatic heterocycles. The van der Waals surface area contributed by atoms with Crippen LogP contribution in [0.25, 0.3) is 0 Å². The third kappa shape index (κ3) is 4.24. The lowest BCUT2D eigenvalue weighted by molar-refractivity contribution is -0.123. The molecule has 2 rings (SSSR count). The Morgan fingerprint density at radius 3 is 2.84 bits per heavy atom. The molecule has 0 aromatic heterocycles. The summed E-state index contributed by atoms with van der Waals surface area (Å²) in [5.41, 5.74) is 6.60. The van der Waals surface area contributed by atoms with E-state index in [2.05, 4.69) is 11.8 Å². The van der Waals surface area contributed by atoms with Gasteiger partial charge in [0.1, 0.15) is 12.4 Å². The number of aryl methyl sites for hydroxylation is 1. The van der Waals surface area contributed by atoms with E-state index in [1.165, 1.54) is 5.56 Å². The number of hydrogen-bond acceptors (Lipinski definition) is 3. The molecule has 0 saturated carbocycles. The molecule has 4 nitrogen and oxygen atoms in total. The first-order chi connectivity index (χ1) is 9.15. The summed E-state index contributed by atoms with van der Waals surface area (Å²) in [6, 6.07) is 8.05. The quantitative estimate of drug-likeness (QED) is 0.876. The number of hydrogen-bond donors (Lipinski definition) is 1. The summed E-state index contributed by atoms with van der Waals surface area (Å²) in [5, 5.41) is 0. The minimum atomic E-state index is -0.177. The van der Waals surface area contributed by atoms with Crippen LogP contribution in [0.3, 0.4) is 0 Å². The van der Waals surface area contributed by atoms with Crippen molar-refractivity contribution in [2.45, 2.75) is 19.8 Å². The molecule has 19 heavy (non-hydrogen) atoms. The summed E-state index contributed by atoms with van der Waals surface area (Å²) in [6.07, 6.45) is 1.96. The molecule has 2 N–H and O–H groups in total. The van der Waals surface area contributed by atoms with Gasteiger partial charge >= 0.3 is 0 Å². The maximum absolute atomic E-state index is 11.2. The summed E-state index contributed by atoms with van der Waals surface area (Å²) >= 11 is 0. The second-order valence-corrected chi connectivity index (χ2v) is 5.20. The van der Waals surface area contributed by atoms with E-state index in [0.717, 1.165) is 38.2 Å². The SMILES string of the molecule is Cc1ccc(OCCN2CCCC(C(N)=O)C2)cc1. The van der Waals surface area contributed by atoms with Crippen LogP contribution in [0.15, 0.2) is 24.3 Å². The number of primary amides is 1. The molecule has 0 radical (unpaired) electrons. The van der Waals surface area contributed by atoms with Crippen LogP contribution in [0.2, 0.25) is 0 Å². The zero-order chi connectivity index (χ0) is 13.7. The fraction of sp³-hybridized carbons (Fsp3) is 0.533. The molecule has 1 unspecified atom stereocenters. The van der Waals surface area contributed by atoms with Crippen LogP contribution >= 0.6 is 0 Å². The Labute approximate surface area is 114 Å². The molecule has 1 amide bonds. The van der Waals surface area contributed by atoms with Crippen molar-refractivity contribution < 1.29 is 9.53 Å². The summed E-state index contributed by atoms with van der Waals surface area (Å²) in [5.74, 6) is 0.728. The van der Waals surface area contributed by atoms with Crippen LogP contribution in [-0.2, 0) is 4.79 Å². The highest BCUT2D eigenvalue weighted by Crippen LogP contribution is 2.16. The molecular formula is C15H22N2O2. The number of carbonyl (C=O) groups excluding carboxylic acids is 1. The van der Waals surface area contributed by atoms with E-state index >= 15 is 0 Å². The number of piperidine rings is 1. The van der Waals surface area contributed by atoms with E-state index in [-0.39, 0.29) is 11.8 Å². The standard InChI is InChI=1S/C15H22N2O2/c1-12-4-6-14(7-5-12)19-10-9-17-8-2-3-13(11-17)15(16)18/h4-7,13H,2-3,8-11H2,1H3,(H2,16,18). The molecule has 1 saturated heterocycles. The number of rotatable bonds is 5. The molecule has 0 bridgehead atoms. The average Bonchev–Trinajstić information content (AvgIpc) is 2.41. The third-order valence-corrected chi connectivity index (χ3v) is 3.61. The van der Waals surface area contributed by atoms with Gasteiger partial charge in [0, 0.05) is 13.1 Å². The maximum Gasteiger partial charge on any atom is 0.221 e. The molecule has 1 atom stereocenters. The molecule has 1 aromatic carbocycles. The molecule has 0 aliphatic carbocycles. The van der Waals surface area contributed by atoms with Crippen LogP contribution in [0.5, 0.6) is 5.75 Å². The van der Waals surface area contributed by atoms with Crippen molar-refractivity contribution in [1.29, 1.82) is 0 Å². The number of carbonyl (C=O) groups is 1. The Bertz CT molecular complexity index is 417. The van der Waals surface area contributed by atoms with Crippen LogP contribution in [0, 0.1) is 12.8 Å². The van der Waals surface area contributed by atoms with Crippen molar-refractivity contribution >= 4 is 5.91 Å². The number of amides is 1. The van der Waals surface area contributed by atoms with Gasteiger partial charge in [-0.3, -0.25) is 9.69 Å². The smallest absolute Gasteiger partial charge is 0.221 e. The minimum Gasteiger partial charge on any atom is -0.492 e. The highest BCUT2D eigenvalue weighted by Gasteiger charge is 2.23. The lowest BCUT2D eigenvalue weighted by atomic mass is 9.98. The zero-order valence-electron chi connectivity index (χ0n) is 11.5. The van der Waals surface area contributed by atoms with Gasteiger partial charge in [0.15, 0.2) is 0 Å². The maximum atomic E-state index is 11.2. The van der Waals surface area contributed by atoms with E-state index in [9.17, 15) is 4.79 Å². The monoisotopic (exact) mass is 262 g/mol. The molecule has 1 fully saturated rings. The number of likely N-dealkylation sites (tertiary alicyclic amines) is 1. The summed E-state index contributed by atoms with van der Waals surface area (Å²) < 4.78 is 5.70. The Morgan fingerprint density at radius 2 is 2.16 bits per heavy atom. The predicted molar refractivity (Wildman–Crippen MR) is 75.0 cm³/mol. The van der Waals surface area contributed by atoms with Gasteiger partial charge in [-0.15, -0.1) is 0 Å². The molecule has 4 heteroatoms. The van der Waals surface area contributed by atoms with Gasteiger partial charge in [0.05, 0.1) is 5.92 Å². The second kappa shape index (κ2) is 6.57. The van der Waals surface area contributed by atoms with Gasteiger partial charge in [-0.25, -0.2) is 0 Å². The van der Waals surface area contributed by atoms with Crippen molar-refractivity contribution in [1.82, 2.24) is 4.90 Å². The van der Waals surface area contributed by atoms with Gasteiger partial charge < -0.3 is 10.5 Å². The first-order valence-corrected chi connectivity index (χ1v) is 6.86. The minimum absolute atomic E-state index is 0.00752. The predicted octanol–water partition coefficient (Wildman–Crippen LogP) is 1.57. The van der Waals surface area contributed by atoms with Gasteiger partial charge in [-0.05, 0) is 38.4 Å². The fourth-order valence-electron chi connectivity index (χ4n) is 2.42. The van der Waals surface area contributed by atoms with Crippen molar-refractivity contribution in [3.05, 3.63) is 29.8 Å². The Morgan fingerprint density at radius 1 is 1.42 bits per heavy atom. The van der Waals surface area contributed by atoms with E-state index < -0.39 is 0 Å². The summed E-state index contributed by atoms with van der Waals surface area (Å²) in [4.78, 5) is 13.4. The third-order valence-electron chi connectivity index (χ3n) is 3.61. The molecular weight excluding hydrogens is 240 g/mol. The van der Waals surface area contributed by atoms with Gasteiger partial charge in [-0.2, -0.15) is 0 Å². The second-order valence-electron chi connectivity index (χ2n) is 5.20. The lowest BCUT2D eigenvalue weighted by Crippen LogP contribution is -2.42. The van der Waals surface area contributed by atoms with Crippen LogP contribution in [0.1, 0.15) is 18.4 Å². The zero-order valence-corrected chi connectivity index (χ0v) is 11.5. The number of nitrogens with zero attached hydrogens (tertiary/aromatic N) is 1. The summed E-state index contributed by atoms with van der Waals surface area (Å²) in [7, 11) is 0. The first kappa shape index (κ1) is 13.9. The average molecular weight is 262 g/mol. The van der Waals surface area contributed by atoms with Crippen molar-refractivity contribution in [2.24, 2.45) is 11.7 Å². The number of nitrogens with two attached hydrogens (primary N) is 1. The molecule has 1 aromatic rings. The van der Waals surface area contributed by atoms with E-state index in [4.69, 9.17) is 10.5 Å². The van der Waals surface area contributed by atoms with Crippen molar-refractivity contribution in [3.63, 3.8) is 0 Å². The van der Waals surface area contributed by atoms with Crippen molar-refractivity contribution in [2.75, 3.05) is 26.2 Å². The molecule has 1 heterocycles. The number of ether oxygens (including phenoxy) is 1. The van der Waals surface area contributed by atoms with E-state index in [1.807, 2.05) is 24.3 Å². The fourth-order valence-corrected chi connectivity index (χ4v) is 2.42. The first-order valence-electron chi connectivity index (χ1n) is 6.86. The van der Waals surface area contributed by atoms with Gasteiger partial charge in [-0.1, -0.05) is 17.7 Å². The topological polar surface area (TPSA) is 55.6 Å². The lowest BCUT2D eigenvalue weighted by Gasteiger charge is -2.30. The van der Waals surface area contributed by atoms with Gasteiger partial charge in [0.25, 0.3) is 0 Å². The molecule has 1 aliphatic rings.